The van der Waals surface area contributed by atoms with E-state index in [1.807, 2.05) is 19.2 Å². The smallest absolute Gasteiger partial charge is 0.129 e. The Balaban J connectivity index is 1.91. The second-order valence-electron chi connectivity index (χ2n) is 5.76. The third-order valence-electron chi connectivity index (χ3n) is 3.81. The number of hydrogen-bond acceptors (Lipinski definition) is 5. The van der Waals surface area contributed by atoms with Gasteiger partial charge in [-0.2, -0.15) is 0 Å². The van der Waals surface area contributed by atoms with Crippen LogP contribution in [0.3, 0.4) is 0 Å². The van der Waals surface area contributed by atoms with E-state index >= 15 is 0 Å². The number of pyridine rings is 1. The molecule has 1 aliphatic rings. The number of nitrogens with zero attached hydrogens (tertiary/aromatic N) is 4. The number of piperazine rings is 1. The summed E-state index contributed by atoms with van der Waals surface area (Å²) in [6.07, 6.45) is 0. The fourth-order valence-electron chi connectivity index (χ4n) is 2.48. The van der Waals surface area contributed by atoms with E-state index in [0.29, 0.717) is 6.54 Å². The van der Waals surface area contributed by atoms with Crippen molar-refractivity contribution in [2.45, 2.75) is 6.54 Å². The van der Waals surface area contributed by atoms with E-state index in [0.717, 1.165) is 55.8 Å². The van der Waals surface area contributed by atoms with Crippen molar-refractivity contribution in [3.63, 3.8) is 0 Å². The lowest BCUT2D eigenvalue weighted by Crippen LogP contribution is -2.48. The van der Waals surface area contributed by atoms with E-state index in [-0.39, 0.29) is 0 Å². The zero-order chi connectivity index (χ0) is 15.2. The zero-order valence-corrected chi connectivity index (χ0v) is 14.0. The normalized spacial score (nSPS) is 16.7. The maximum atomic E-state index is 6.17. The summed E-state index contributed by atoms with van der Waals surface area (Å²) < 4.78 is 0. The molecule has 0 saturated carbocycles. The van der Waals surface area contributed by atoms with Gasteiger partial charge in [-0.05, 0) is 33.3 Å². The first-order valence-corrected chi connectivity index (χ1v) is 7.90. The van der Waals surface area contributed by atoms with Crippen LogP contribution in [-0.2, 0) is 6.54 Å². The molecule has 0 spiro atoms. The number of hydrogen-bond donors (Lipinski definition) is 1. The highest BCUT2D eigenvalue weighted by atomic mass is 35.5. The summed E-state index contributed by atoms with van der Waals surface area (Å²) in [6, 6.07) is 3.98. The van der Waals surface area contributed by atoms with E-state index in [2.05, 4.69) is 39.1 Å². The molecule has 21 heavy (non-hydrogen) atoms. The van der Waals surface area contributed by atoms with Gasteiger partial charge in [0.15, 0.2) is 0 Å². The Morgan fingerprint density at radius 2 is 1.95 bits per heavy atom. The molecule has 118 valence electrons. The predicted molar refractivity (Wildman–Crippen MR) is 89.2 cm³/mol. The molecule has 0 bridgehead atoms. The van der Waals surface area contributed by atoms with Crippen LogP contribution in [0, 0.1) is 0 Å². The van der Waals surface area contributed by atoms with Gasteiger partial charge in [0, 0.05) is 45.8 Å². The standard InChI is InChI=1S/C15H26ClN5/c1-17-12-14-13(16)4-5-15(18-14)21-10-8-20(9-11-21)7-6-19(2)3/h4-5,17H,6-12H2,1-3H3. The van der Waals surface area contributed by atoms with Crippen molar-refractivity contribution in [1.82, 2.24) is 20.1 Å². The molecule has 2 heterocycles. The van der Waals surface area contributed by atoms with Gasteiger partial charge in [0.1, 0.15) is 5.82 Å². The molecule has 0 amide bonds. The molecule has 1 aliphatic heterocycles. The lowest BCUT2D eigenvalue weighted by molar-refractivity contribution is 0.229. The summed E-state index contributed by atoms with van der Waals surface area (Å²) >= 11 is 6.17. The molecule has 6 heteroatoms. The molecule has 0 unspecified atom stereocenters. The van der Waals surface area contributed by atoms with Gasteiger partial charge in [-0.3, -0.25) is 4.90 Å². The predicted octanol–water partition coefficient (Wildman–Crippen LogP) is 1.14. The third-order valence-corrected chi connectivity index (χ3v) is 4.15. The average molecular weight is 312 g/mol. The molecule has 0 aromatic carbocycles. The summed E-state index contributed by atoms with van der Waals surface area (Å²) in [5, 5.41) is 3.84. The largest absolute Gasteiger partial charge is 0.354 e. The van der Waals surface area contributed by atoms with E-state index in [4.69, 9.17) is 11.6 Å². The zero-order valence-electron chi connectivity index (χ0n) is 13.3. The monoisotopic (exact) mass is 311 g/mol. The molecular formula is C15H26ClN5. The van der Waals surface area contributed by atoms with Crippen LogP contribution in [-0.4, -0.2) is 75.2 Å². The van der Waals surface area contributed by atoms with Gasteiger partial charge in [0.25, 0.3) is 0 Å². The summed E-state index contributed by atoms with van der Waals surface area (Å²) in [6.45, 7) is 7.21. The van der Waals surface area contributed by atoms with Gasteiger partial charge in [-0.1, -0.05) is 11.6 Å². The molecule has 5 nitrogen and oxygen atoms in total. The van der Waals surface area contributed by atoms with E-state index < -0.39 is 0 Å². The van der Waals surface area contributed by atoms with Crippen LogP contribution in [0.5, 0.6) is 0 Å². The highest BCUT2D eigenvalue weighted by Gasteiger charge is 2.18. The third kappa shape index (κ3) is 4.81. The second-order valence-corrected chi connectivity index (χ2v) is 6.17. The fraction of sp³-hybridized carbons (Fsp3) is 0.667. The van der Waals surface area contributed by atoms with Gasteiger partial charge in [-0.15, -0.1) is 0 Å². The SMILES string of the molecule is CNCc1nc(N2CCN(CCN(C)C)CC2)ccc1Cl. The van der Waals surface area contributed by atoms with Gasteiger partial charge >= 0.3 is 0 Å². The molecule has 0 radical (unpaired) electrons. The molecule has 0 atom stereocenters. The topological polar surface area (TPSA) is 34.6 Å². The minimum Gasteiger partial charge on any atom is -0.354 e. The van der Waals surface area contributed by atoms with Gasteiger partial charge in [-0.25, -0.2) is 4.98 Å². The summed E-state index contributed by atoms with van der Waals surface area (Å²) in [7, 11) is 6.16. The highest BCUT2D eigenvalue weighted by Crippen LogP contribution is 2.20. The summed E-state index contributed by atoms with van der Waals surface area (Å²) in [5.74, 6) is 1.04. The molecule has 1 aromatic rings. The molecule has 0 aliphatic carbocycles. The Hall–Kier alpha value is -0.880. The Kier molecular flexibility index (Phi) is 6.23. The molecule has 2 rings (SSSR count). The number of aromatic nitrogens is 1. The van der Waals surface area contributed by atoms with E-state index in [1.165, 1.54) is 0 Å². The first-order chi connectivity index (χ1) is 10.1. The number of rotatable bonds is 6. The molecule has 1 fully saturated rings. The van der Waals surface area contributed by atoms with Crippen LogP contribution in [0.4, 0.5) is 5.82 Å². The summed E-state index contributed by atoms with van der Waals surface area (Å²) in [5.41, 5.74) is 0.923. The number of halogens is 1. The molecular weight excluding hydrogens is 286 g/mol. The summed E-state index contributed by atoms with van der Waals surface area (Å²) in [4.78, 5) is 11.8. The van der Waals surface area contributed by atoms with Crippen molar-refractivity contribution in [3.8, 4) is 0 Å². The van der Waals surface area contributed by atoms with Crippen molar-refractivity contribution >= 4 is 17.4 Å². The highest BCUT2D eigenvalue weighted by molar-refractivity contribution is 6.31. The van der Waals surface area contributed by atoms with Gasteiger partial charge < -0.3 is 15.1 Å². The van der Waals surface area contributed by atoms with E-state index in [1.54, 1.807) is 0 Å². The second kappa shape index (κ2) is 7.94. The molecule has 1 N–H and O–H groups in total. The van der Waals surface area contributed by atoms with Crippen LogP contribution >= 0.6 is 11.6 Å². The minimum atomic E-state index is 0.704. The van der Waals surface area contributed by atoms with Gasteiger partial charge in [0.05, 0.1) is 10.7 Å². The first kappa shape index (κ1) is 16.5. The van der Waals surface area contributed by atoms with Crippen LogP contribution in [0.15, 0.2) is 12.1 Å². The Morgan fingerprint density at radius 1 is 1.24 bits per heavy atom. The van der Waals surface area contributed by atoms with Crippen molar-refractivity contribution in [1.29, 1.82) is 0 Å². The van der Waals surface area contributed by atoms with Crippen molar-refractivity contribution in [2.75, 3.05) is 65.3 Å². The first-order valence-electron chi connectivity index (χ1n) is 7.52. The van der Waals surface area contributed by atoms with Crippen molar-refractivity contribution in [3.05, 3.63) is 22.8 Å². The van der Waals surface area contributed by atoms with Gasteiger partial charge in [0.2, 0.25) is 0 Å². The van der Waals surface area contributed by atoms with Crippen LogP contribution in [0.25, 0.3) is 0 Å². The number of nitrogens with one attached hydrogen (secondary N) is 1. The maximum absolute atomic E-state index is 6.17. The Labute approximate surface area is 132 Å². The fourth-order valence-corrected chi connectivity index (χ4v) is 2.65. The quantitative estimate of drug-likeness (QED) is 0.852. The van der Waals surface area contributed by atoms with Crippen LogP contribution < -0.4 is 10.2 Å². The Bertz CT molecular complexity index is 444. The molecule has 1 aromatic heterocycles. The van der Waals surface area contributed by atoms with Crippen molar-refractivity contribution < 1.29 is 0 Å². The average Bonchev–Trinajstić information content (AvgIpc) is 2.48. The molecule has 1 saturated heterocycles. The minimum absolute atomic E-state index is 0.704. The van der Waals surface area contributed by atoms with Crippen molar-refractivity contribution in [2.24, 2.45) is 0 Å². The number of anilines is 1. The van der Waals surface area contributed by atoms with E-state index in [9.17, 15) is 0 Å². The maximum Gasteiger partial charge on any atom is 0.129 e. The lowest BCUT2D eigenvalue weighted by Gasteiger charge is -2.36. The van der Waals surface area contributed by atoms with Crippen LogP contribution in [0.2, 0.25) is 5.02 Å². The number of likely N-dealkylation sites (N-methyl/N-ethyl adjacent to an activating group) is 1. The lowest BCUT2D eigenvalue weighted by atomic mass is 10.2. The Morgan fingerprint density at radius 3 is 2.57 bits per heavy atom. The van der Waals surface area contributed by atoms with Crippen LogP contribution in [0.1, 0.15) is 5.69 Å².